The Bertz CT molecular complexity index is 787. The number of hydrogen-bond donors (Lipinski definition) is 1. The van der Waals surface area contributed by atoms with Gasteiger partial charge in [0.25, 0.3) is 10.1 Å². The number of hydrogen-bond acceptors (Lipinski definition) is 2. The Balaban J connectivity index is 2.31. The van der Waals surface area contributed by atoms with Gasteiger partial charge in [0.1, 0.15) is 6.54 Å². The lowest BCUT2D eigenvalue weighted by atomic mass is 9.78. The second-order valence-electron chi connectivity index (χ2n) is 6.69. The summed E-state index contributed by atoms with van der Waals surface area (Å²) in [5, 5.41) is 0. The van der Waals surface area contributed by atoms with Crippen LogP contribution >= 0.6 is 0 Å². The van der Waals surface area contributed by atoms with Gasteiger partial charge in [0.15, 0.2) is 5.71 Å². The Morgan fingerprint density at radius 2 is 1.83 bits per heavy atom. The molecule has 0 saturated heterocycles. The van der Waals surface area contributed by atoms with Crippen LogP contribution in [-0.4, -0.2) is 35.6 Å². The van der Waals surface area contributed by atoms with E-state index in [9.17, 15) is 8.42 Å². The molecule has 130 valence electrons. The van der Waals surface area contributed by atoms with Crippen molar-refractivity contribution in [1.29, 1.82) is 0 Å². The van der Waals surface area contributed by atoms with Crippen molar-refractivity contribution in [3.05, 3.63) is 54.2 Å². The molecule has 1 aliphatic heterocycles. The average molecular weight is 348 g/mol. The van der Waals surface area contributed by atoms with E-state index in [4.69, 9.17) is 4.55 Å². The second kappa shape index (κ2) is 7.03. The van der Waals surface area contributed by atoms with Gasteiger partial charge in [-0.1, -0.05) is 36.9 Å². The number of benzene rings is 1. The molecule has 24 heavy (non-hydrogen) atoms. The molecular weight excluding hydrogens is 322 g/mol. The minimum absolute atomic E-state index is 0.117. The molecular formula is C19H26NO3S+. The van der Waals surface area contributed by atoms with Gasteiger partial charge < -0.3 is 0 Å². The monoisotopic (exact) mass is 348 g/mol. The Morgan fingerprint density at radius 1 is 1.21 bits per heavy atom. The highest BCUT2D eigenvalue weighted by Gasteiger charge is 2.44. The van der Waals surface area contributed by atoms with E-state index in [1.54, 1.807) is 0 Å². The molecule has 0 saturated carbocycles. The van der Waals surface area contributed by atoms with Gasteiger partial charge >= 0.3 is 0 Å². The zero-order valence-corrected chi connectivity index (χ0v) is 15.4. The van der Waals surface area contributed by atoms with Gasteiger partial charge in [-0.2, -0.15) is 13.0 Å². The van der Waals surface area contributed by atoms with Crippen LogP contribution in [0, 0.1) is 5.41 Å². The van der Waals surface area contributed by atoms with Crippen molar-refractivity contribution in [3.8, 4) is 0 Å². The highest BCUT2D eigenvalue weighted by Crippen LogP contribution is 2.43. The fourth-order valence-corrected chi connectivity index (χ4v) is 3.89. The summed E-state index contributed by atoms with van der Waals surface area (Å²) in [6.45, 7) is 11.2. The smallest absolute Gasteiger partial charge is 0.264 e. The molecule has 0 fully saturated rings. The number of rotatable bonds is 7. The first kappa shape index (κ1) is 18.6. The number of nitrogens with zero attached hydrogens (tertiary/aromatic N) is 1. The molecule has 1 aromatic rings. The Labute approximate surface area is 145 Å². The lowest BCUT2D eigenvalue weighted by Crippen LogP contribution is -2.25. The van der Waals surface area contributed by atoms with Crippen LogP contribution in [0.4, 0.5) is 0 Å². The Hall–Kier alpha value is -1.72. The van der Waals surface area contributed by atoms with E-state index in [1.165, 1.54) is 16.8 Å². The van der Waals surface area contributed by atoms with Crippen molar-refractivity contribution in [3.63, 3.8) is 0 Å². The lowest BCUT2D eigenvalue weighted by Gasteiger charge is -2.19. The third-order valence-corrected chi connectivity index (χ3v) is 5.58. The molecule has 0 radical (unpaired) electrons. The van der Waals surface area contributed by atoms with Gasteiger partial charge in [-0.05, 0) is 25.8 Å². The van der Waals surface area contributed by atoms with Crippen LogP contribution < -0.4 is 0 Å². The summed E-state index contributed by atoms with van der Waals surface area (Å²) >= 11 is 0. The zero-order valence-electron chi connectivity index (χ0n) is 14.6. The molecule has 0 atom stereocenters. The maximum absolute atomic E-state index is 10.9. The molecule has 5 heteroatoms. The normalized spacial score (nSPS) is 17.5. The lowest BCUT2D eigenvalue weighted by molar-refractivity contribution is -0.470. The van der Waals surface area contributed by atoms with E-state index in [2.05, 4.69) is 44.1 Å². The highest BCUT2D eigenvalue weighted by molar-refractivity contribution is 7.85. The van der Waals surface area contributed by atoms with E-state index in [1.807, 2.05) is 24.3 Å². The Morgan fingerprint density at radius 3 is 2.38 bits per heavy atom. The van der Waals surface area contributed by atoms with E-state index in [0.717, 1.165) is 5.70 Å². The molecule has 1 aliphatic rings. The van der Waals surface area contributed by atoms with Gasteiger partial charge in [0.05, 0.1) is 11.2 Å². The summed E-state index contributed by atoms with van der Waals surface area (Å²) in [5.41, 5.74) is 4.61. The summed E-state index contributed by atoms with van der Waals surface area (Å²) in [4.78, 5) is 0. The summed E-state index contributed by atoms with van der Waals surface area (Å²) in [6, 6.07) is 10.3. The molecule has 0 unspecified atom stereocenters. The van der Waals surface area contributed by atoms with E-state index >= 15 is 0 Å². The van der Waals surface area contributed by atoms with Gasteiger partial charge in [0, 0.05) is 25.0 Å². The fourth-order valence-electron chi connectivity index (χ4n) is 3.32. The molecule has 0 aliphatic carbocycles. The van der Waals surface area contributed by atoms with Crippen LogP contribution in [0.1, 0.15) is 39.2 Å². The third kappa shape index (κ3) is 3.84. The Kier molecular flexibility index (Phi) is 5.45. The van der Waals surface area contributed by atoms with Gasteiger partial charge in [0.2, 0.25) is 5.70 Å². The molecule has 1 aromatic carbocycles. The predicted molar refractivity (Wildman–Crippen MR) is 98.8 cm³/mol. The molecule has 0 spiro atoms. The van der Waals surface area contributed by atoms with E-state index < -0.39 is 10.1 Å². The molecule has 1 heterocycles. The molecule has 1 N–H and O–H groups in total. The first-order valence-electron chi connectivity index (χ1n) is 8.18. The second-order valence-corrected chi connectivity index (χ2v) is 8.26. The van der Waals surface area contributed by atoms with Crippen LogP contribution in [0.3, 0.4) is 0 Å². The maximum Gasteiger partial charge on any atom is 0.264 e. The van der Waals surface area contributed by atoms with Crippen LogP contribution in [0.5, 0.6) is 0 Å². The summed E-state index contributed by atoms with van der Waals surface area (Å²) in [5.74, 6) is -0.193. The predicted octanol–water partition coefficient (Wildman–Crippen LogP) is 3.76. The molecule has 0 amide bonds. The zero-order chi connectivity index (χ0) is 18.0. The van der Waals surface area contributed by atoms with Gasteiger partial charge in [-0.25, -0.2) is 0 Å². The van der Waals surface area contributed by atoms with Crippen LogP contribution in [0.15, 0.2) is 48.7 Å². The van der Waals surface area contributed by atoms with Crippen LogP contribution in [0.2, 0.25) is 0 Å². The van der Waals surface area contributed by atoms with Crippen LogP contribution in [-0.2, 0) is 10.1 Å². The SMILES string of the molecule is C=CC1=C(c2ccccc2)C(C)(C)C(C)=[N+]1CCCCS(=O)(=O)O. The van der Waals surface area contributed by atoms with Crippen molar-refractivity contribution in [2.75, 3.05) is 12.3 Å². The van der Waals surface area contributed by atoms with Crippen molar-refractivity contribution >= 4 is 21.4 Å². The standard InChI is InChI=1S/C19H25NO3S/c1-5-17-18(16-11-7-6-8-12-16)19(3,4)15(2)20(17)13-9-10-14-24(21,22)23/h5-8,11-12H,1,9-10,13-14H2,2-4H3/p+1. The van der Waals surface area contributed by atoms with Crippen LogP contribution in [0.25, 0.3) is 5.57 Å². The largest absolute Gasteiger partial charge is 0.286 e. The van der Waals surface area contributed by atoms with Crippen molar-refractivity contribution < 1.29 is 17.5 Å². The molecule has 2 rings (SSSR count). The summed E-state index contributed by atoms with van der Waals surface area (Å²) < 4.78 is 32.8. The molecule has 4 nitrogen and oxygen atoms in total. The highest BCUT2D eigenvalue weighted by atomic mass is 32.2. The first-order chi connectivity index (χ1) is 11.2. The summed E-state index contributed by atoms with van der Waals surface area (Å²) in [6.07, 6.45) is 3.00. The quantitative estimate of drug-likeness (QED) is 0.464. The minimum Gasteiger partial charge on any atom is -0.286 e. The number of unbranched alkanes of at least 4 members (excludes halogenated alkanes) is 1. The average Bonchev–Trinajstić information content (AvgIpc) is 2.71. The van der Waals surface area contributed by atoms with Gasteiger partial charge in [-0.3, -0.25) is 4.55 Å². The third-order valence-electron chi connectivity index (χ3n) is 4.77. The first-order valence-corrected chi connectivity index (χ1v) is 9.78. The maximum atomic E-state index is 10.9. The molecule has 0 bridgehead atoms. The minimum atomic E-state index is -3.89. The fraction of sp³-hybridized carbons (Fsp3) is 0.421. The van der Waals surface area contributed by atoms with Crippen molar-refractivity contribution in [2.24, 2.45) is 5.41 Å². The van der Waals surface area contributed by atoms with E-state index in [-0.39, 0.29) is 11.2 Å². The molecule has 0 aromatic heterocycles. The van der Waals surface area contributed by atoms with Gasteiger partial charge in [-0.15, -0.1) is 0 Å². The van der Waals surface area contributed by atoms with E-state index in [0.29, 0.717) is 19.4 Å². The summed E-state index contributed by atoms with van der Waals surface area (Å²) in [7, 11) is -3.89. The van der Waals surface area contributed by atoms with Crippen molar-refractivity contribution in [2.45, 2.75) is 33.6 Å². The number of allylic oxidation sites excluding steroid dienone is 2. The topological polar surface area (TPSA) is 57.4 Å². The van der Waals surface area contributed by atoms with Crippen molar-refractivity contribution in [1.82, 2.24) is 0 Å².